The minimum absolute atomic E-state index is 0.320. The molecule has 5 heteroatoms. The van der Waals surface area contributed by atoms with Gasteiger partial charge in [-0.15, -0.1) is 0 Å². The van der Waals surface area contributed by atoms with Crippen LogP contribution < -0.4 is 10.5 Å². The molecule has 0 bridgehead atoms. The van der Waals surface area contributed by atoms with E-state index in [1.54, 1.807) is 30.5 Å². The summed E-state index contributed by atoms with van der Waals surface area (Å²) in [6.07, 6.45) is 3.02. The first-order chi connectivity index (χ1) is 7.81. The number of halogens is 1. The molecule has 0 aliphatic carbocycles. The number of hydrogen-bond donors (Lipinski definition) is 1. The largest absolute Gasteiger partial charge is 0.439 e. The summed E-state index contributed by atoms with van der Waals surface area (Å²) in [6.45, 7) is 0.320. The van der Waals surface area contributed by atoms with Crippen LogP contribution in [0.2, 0.25) is 5.02 Å². The Bertz CT molecular complexity index is 476. The lowest BCUT2D eigenvalue weighted by atomic mass is 10.2. The van der Waals surface area contributed by atoms with Gasteiger partial charge in [-0.1, -0.05) is 17.7 Å². The lowest BCUT2D eigenvalue weighted by Gasteiger charge is -2.09. The van der Waals surface area contributed by atoms with Gasteiger partial charge in [-0.25, -0.2) is 9.97 Å². The molecule has 0 fully saturated rings. The van der Waals surface area contributed by atoms with Crippen LogP contribution >= 0.6 is 11.6 Å². The molecule has 0 saturated carbocycles. The molecule has 0 unspecified atom stereocenters. The first-order valence-corrected chi connectivity index (χ1v) is 5.10. The van der Waals surface area contributed by atoms with Crippen LogP contribution in [0.25, 0.3) is 0 Å². The maximum atomic E-state index is 6.00. The highest BCUT2D eigenvalue weighted by Crippen LogP contribution is 2.28. The van der Waals surface area contributed by atoms with Crippen molar-refractivity contribution in [2.45, 2.75) is 6.54 Å². The summed E-state index contributed by atoms with van der Waals surface area (Å²) in [5.41, 5.74) is 6.37. The summed E-state index contributed by atoms with van der Waals surface area (Å²) < 4.78 is 5.57. The minimum Gasteiger partial charge on any atom is -0.439 e. The van der Waals surface area contributed by atoms with E-state index in [-0.39, 0.29) is 0 Å². The topological polar surface area (TPSA) is 61.0 Å². The Kier molecular flexibility index (Phi) is 3.34. The molecule has 0 amide bonds. The Labute approximate surface area is 98.0 Å². The second-order valence-electron chi connectivity index (χ2n) is 3.07. The van der Waals surface area contributed by atoms with Gasteiger partial charge in [-0.3, -0.25) is 0 Å². The molecular formula is C11H10ClN3O. The molecule has 2 rings (SSSR count). The Morgan fingerprint density at radius 3 is 2.88 bits per heavy atom. The number of nitrogens with zero attached hydrogens (tertiary/aromatic N) is 2. The van der Waals surface area contributed by atoms with E-state index < -0.39 is 0 Å². The predicted octanol–water partition coefficient (Wildman–Crippen LogP) is 2.38. The minimum atomic E-state index is 0.320. The standard InChI is InChI=1S/C11H10ClN3O/c12-9-2-1-3-10(8(9)6-13)16-11-4-5-14-7-15-11/h1-5,7H,6,13H2. The SMILES string of the molecule is NCc1c(Cl)cccc1Oc1ccncn1. The third-order valence-corrected chi connectivity index (χ3v) is 2.40. The summed E-state index contributed by atoms with van der Waals surface area (Å²) in [5, 5.41) is 0.592. The molecular weight excluding hydrogens is 226 g/mol. The van der Waals surface area contributed by atoms with Crippen LogP contribution in [0, 0.1) is 0 Å². The molecule has 0 saturated heterocycles. The fourth-order valence-electron chi connectivity index (χ4n) is 1.28. The van der Waals surface area contributed by atoms with Gasteiger partial charge in [-0.2, -0.15) is 0 Å². The lowest BCUT2D eigenvalue weighted by Crippen LogP contribution is -2.00. The molecule has 1 aromatic carbocycles. The van der Waals surface area contributed by atoms with E-state index in [0.717, 1.165) is 5.56 Å². The number of aromatic nitrogens is 2. The van der Waals surface area contributed by atoms with Crippen molar-refractivity contribution >= 4 is 11.6 Å². The second-order valence-corrected chi connectivity index (χ2v) is 3.48. The number of benzene rings is 1. The zero-order valence-corrected chi connectivity index (χ0v) is 9.19. The zero-order chi connectivity index (χ0) is 11.4. The Morgan fingerprint density at radius 1 is 1.31 bits per heavy atom. The van der Waals surface area contributed by atoms with Gasteiger partial charge in [0, 0.05) is 29.4 Å². The van der Waals surface area contributed by atoms with E-state index in [2.05, 4.69) is 9.97 Å². The molecule has 2 N–H and O–H groups in total. The van der Waals surface area contributed by atoms with Crippen molar-refractivity contribution in [2.75, 3.05) is 0 Å². The number of rotatable bonds is 3. The van der Waals surface area contributed by atoms with Gasteiger partial charge < -0.3 is 10.5 Å². The summed E-state index contributed by atoms with van der Waals surface area (Å²) in [6, 6.07) is 7.05. The van der Waals surface area contributed by atoms with Gasteiger partial charge in [-0.05, 0) is 12.1 Å². The Balaban J connectivity index is 2.31. The van der Waals surface area contributed by atoms with E-state index in [9.17, 15) is 0 Å². The van der Waals surface area contributed by atoms with E-state index in [1.165, 1.54) is 6.33 Å². The molecule has 16 heavy (non-hydrogen) atoms. The highest BCUT2D eigenvalue weighted by Gasteiger charge is 2.07. The van der Waals surface area contributed by atoms with E-state index in [1.807, 2.05) is 0 Å². The predicted molar refractivity (Wildman–Crippen MR) is 61.4 cm³/mol. The number of nitrogens with two attached hydrogens (primary N) is 1. The summed E-state index contributed by atoms with van der Waals surface area (Å²) in [5.74, 6) is 1.08. The third kappa shape index (κ3) is 2.29. The van der Waals surface area contributed by atoms with Crippen LogP contribution in [0.4, 0.5) is 0 Å². The zero-order valence-electron chi connectivity index (χ0n) is 8.43. The summed E-state index contributed by atoms with van der Waals surface area (Å²) in [4.78, 5) is 7.77. The van der Waals surface area contributed by atoms with Crippen LogP contribution in [-0.4, -0.2) is 9.97 Å². The van der Waals surface area contributed by atoms with Crippen molar-refractivity contribution in [1.29, 1.82) is 0 Å². The van der Waals surface area contributed by atoms with E-state index >= 15 is 0 Å². The van der Waals surface area contributed by atoms with Crippen molar-refractivity contribution in [3.8, 4) is 11.6 Å². The molecule has 4 nitrogen and oxygen atoms in total. The molecule has 2 aromatic rings. The van der Waals surface area contributed by atoms with Gasteiger partial charge in [0.05, 0.1) is 0 Å². The smallest absolute Gasteiger partial charge is 0.222 e. The first kappa shape index (κ1) is 10.9. The van der Waals surface area contributed by atoms with Crippen molar-refractivity contribution < 1.29 is 4.74 Å². The highest BCUT2D eigenvalue weighted by molar-refractivity contribution is 6.31. The molecule has 0 spiro atoms. The quantitative estimate of drug-likeness (QED) is 0.887. The van der Waals surface area contributed by atoms with E-state index in [0.29, 0.717) is 23.2 Å². The maximum absolute atomic E-state index is 6.00. The fraction of sp³-hybridized carbons (Fsp3) is 0.0909. The van der Waals surface area contributed by atoms with Crippen molar-refractivity contribution in [3.05, 3.63) is 47.4 Å². The van der Waals surface area contributed by atoms with Gasteiger partial charge in [0.15, 0.2) is 0 Å². The van der Waals surface area contributed by atoms with Gasteiger partial charge in [0.25, 0.3) is 0 Å². The molecule has 0 aliphatic rings. The molecule has 0 radical (unpaired) electrons. The van der Waals surface area contributed by atoms with Crippen LogP contribution in [0.3, 0.4) is 0 Å². The second kappa shape index (κ2) is 4.92. The van der Waals surface area contributed by atoms with Gasteiger partial charge in [0.1, 0.15) is 12.1 Å². The molecule has 82 valence electrons. The maximum Gasteiger partial charge on any atom is 0.222 e. The van der Waals surface area contributed by atoms with Crippen molar-refractivity contribution in [3.63, 3.8) is 0 Å². The highest BCUT2D eigenvalue weighted by atomic mass is 35.5. The van der Waals surface area contributed by atoms with E-state index in [4.69, 9.17) is 22.1 Å². The average molecular weight is 236 g/mol. The molecule has 1 heterocycles. The van der Waals surface area contributed by atoms with Gasteiger partial charge >= 0.3 is 0 Å². The fourth-order valence-corrected chi connectivity index (χ4v) is 1.53. The third-order valence-electron chi connectivity index (χ3n) is 2.05. The van der Waals surface area contributed by atoms with Crippen LogP contribution in [0.15, 0.2) is 36.8 Å². The van der Waals surface area contributed by atoms with Crippen LogP contribution in [0.1, 0.15) is 5.56 Å². The van der Waals surface area contributed by atoms with Crippen LogP contribution in [0.5, 0.6) is 11.6 Å². The average Bonchev–Trinajstić information content (AvgIpc) is 2.31. The molecule has 0 aliphatic heterocycles. The normalized spacial score (nSPS) is 10.1. The summed E-state index contributed by atoms with van der Waals surface area (Å²) >= 11 is 6.00. The number of ether oxygens (including phenoxy) is 1. The molecule has 1 aromatic heterocycles. The first-order valence-electron chi connectivity index (χ1n) is 4.72. The van der Waals surface area contributed by atoms with Crippen molar-refractivity contribution in [2.24, 2.45) is 5.73 Å². The Hall–Kier alpha value is -1.65. The monoisotopic (exact) mass is 235 g/mol. The van der Waals surface area contributed by atoms with Crippen molar-refractivity contribution in [1.82, 2.24) is 9.97 Å². The van der Waals surface area contributed by atoms with Gasteiger partial charge in [0.2, 0.25) is 5.88 Å². The lowest BCUT2D eigenvalue weighted by molar-refractivity contribution is 0.456. The molecule has 0 atom stereocenters. The summed E-state index contributed by atoms with van der Waals surface area (Å²) in [7, 11) is 0. The Morgan fingerprint density at radius 2 is 2.19 bits per heavy atom. The number of hydrogen-bond acceptors (Lipinski definition) is 4. The van der Waals surface area contributed by atoms with Crippen LogP contribution in [-0.2, 0) is 6.54 Å².